The van der Waals surface area contributed by atoms with Crippen molar-refractivity contribution in [1.29, 1.82) is 0 Å². The summed E-state index contributed by atoms with van der Waals surface area (Å²) in [6, 6.07) is 23.0. The van der Waals surface area contributed by atoms with Crippen LogP contribution in [0.25, 0.3) is 0 Å². The van der Waals surface area contributed by atoms with E-state index in [1.165, 1.54) is 18.7 Å². The fraction of sp³-hybridized carbons (Fsp3) is 0.387. The molecule has 208 valence electrons. The Labute approximate surface area is 229 Å². The largest absolute Gasteiger partial charge is 0.494 e. The van der Waals surface area contributed by atoms with Crippen LogP contribution in [0, 0.1) is 5.82 Å². The average Bonchev–Trinajstić information content (AvgIpc) is 2.98. The van der Waals surface area contributed by atoms with Gasteiger partial charge >= 0.3 is 5.97 Å². The van der Waals surface area contributed by atoms with Crippen LogP contribution in [0.3, 0.4) is 0 Å². The predicted molar refractivity (Wildman–Crippen MR) is 147 cm³/mol. The molecule has 3 aromatic carbocycles. The number of hydrogen-bond donors (Lipinski definition) is 2. The third-order valence-electron chi connectivity index (χ3n) is 6.76. The van der Waals surface area contributed by atoms with E-state index in [1.807, 2.05) is 42.5 Å². The van der Waals surface area contributed by atoms with Gasteiger partial charge in [-0.2, -0.15) is 0 Å². The third kappa shape index (κ3) is 9.06. The van der Waals surface area contributed by atoms with Crippen LogP contribution in [0.15, 0.2) is 72.8 Å². The zero-order valence-electron chi connectivity index (χ0n) is 22.4. The van der Waals surface area contributed by atoms with Crippen LogP contribution in [0.4, 0.5) is 4.39 Å². The summed E-state index contributed by atoms with van der Waals surface area (Å²) >= 11 is 0. The number of esters is 1. The van der Waals surface area contributed by atoms with Gasteiger partial charge in [0, 0.05) is 37.0 Å². The predicted octanol–water partition coefficient (Wildman–Crippen LogP) is 4.60. The van der Waals surface area contributed by atoms with E-state index in [1.54, 1.807) is 12.1 Å². The number of ether oxygens (including phenoxy) is 4. The highest BCUT2D eigenvalue weighted by molar-refractivity contribution is 5.70. The van der Waals surface area contributed by atoms with Gasteiger partial charge in [0.05, 0.1) is 26.9 Å². The van der Waals surface area contributed by atoms with E-state index in [0.29, 0.717) is 37.0 Å². The standard InChI is InChI=1S/C31H37FN2O5/c1-36-31(35)22-39-27-8-4-6-23(18-27)19-34-30-20-33-15-14-28(30)24-10-12-26(13-11-24)38-17-5-16-37-21-25-7-2-3-9-29(25)32/h2-4,6-13,18,28,30,33-34H,5,14-17,19-22H2,1H3/t28-,30-/m0/s1. The Hall–Kier alpha value is -3.46. The van der Waals surface area contributed by atoms with E-state index in [2.05, 4.69) is 27.5 Å². The van der Waals surface area contributed by atoms with Crippen molar-refractivity contribution in [3.8, 4) is 11.5 Å². The number of halogens is 1. The van der Waals surface area contributed by atoms with E-state index >= 15 is 0 Å². The molecule has 8 heteroatoms. The van der Waals surface area contributed by atoms with Crippen LogP contribution in [0.2, 0.25) is 0 Å². The molecular weight excluding hydrogens is 499 g/mol. The van der Waals surface area contributed by atoms with Crippen molar-refractivity contribution in [3.05, 3.63) is 95.3 Å². The number of carbonyl (C=O) groups excluding carboxylic acids is 1. The molecule has 39 heavy (non-hydrogen) atoms. The molecule has 1 saturated heterocycles. The van der Waals surface area contributed by atoms with E-state index < -0.39 is 5.97 Å². The van der Waals surface area contributed by atoms with Crippen molar-refractivity contribution in [2.24, 2.45) is 0 Å². The minimum atomic E-state index is -0.406. The lowest BCUT2D eigenvalue weighted by Gasteiger charge is -2.33. The highest BCUT2D eigenvalue weighted by atomic mass is 19.1. The number of piperidine rings is 1. The zero-order chi connectivity index (χ0) is 27.3. The van der Waals surface area contributed by atoms with Crippen molar-refractivity contribution in [1.82, 2.24) is 10.6 Å². The third-order valence-corrected chi connectivity index (χ3v) is 6.76. The monoisotopic (exact) mass is 536 g/mol. The van der Waals surface area contributed by atoms with Crippen LogP contribution in [0.5, 0.6) is 11.5 Å². The van der Waals surface area contributed by atoms with Crippen LogP contribution in [-0.4, -0.2) is 52.0 Å². The number of rotatable bonds is 14. The molecule has 3 aromatic rings. The van der Waals surface area contributed by atoms with Gasteiger partial charge in [0.2, 0.25) is 0 Å². The quantitative estimate of drug-likeness (QED) is 0.230. The van der Waals surface area contributed by atoms with Crippen LogP contribution >= 0.6 is 0 Å². The van der Waals surface area contributed by atoms with E-state index in [0.717, 1.165) is 37.2 Å². The van der Waals surface area contributed by atoms with Gasteiger partial charge in [0.25, 0.3) is 0 Å². The van der Waals surface area contributed by atoms with Crippen molar-refractivity contribution in [3.63, 3.8) is 0 Å². The summed E-state index contributed by atoms with van der Waals surface area (Å²) in [6.45, 7) is 3.76. The van der Waals surface area contributed by atoms with Gasteiger partial charge in [-0.05, 0) is 54.4 Å². The normalized spacial score (nSPS) is 17.0. The van der Waals surface area contributed by atoms with Crippen molar-refractivity contribution in [2.75, 3.05) is 40.0 Å². The maximum atomic E-state index is 13.6. The van der Waals surface area contributed by atoms with Gasteiger partial charge in [-0.1, -0.05) is 42.5 Å². The molecule has 1 aliphatic rings. The Morgan fingerprint density at radius 1 is 1.00 bits per heavy atom. The van der Waals surface area contributed by atoms with Crippen LogP contribution in [0.1, 0.15) is 35.4 Å². The number of carbonyl (C=O) groups is 1. The number of hydrogen-bond acceptors (Lipinski definition) is 7. The maximum Gasteiger partial charge on any atom is 0.343 e. The summed E-state index contributed by atoms with van der Waals surface area (Å²) in [5.74, 6) is 1.21. The molecule has 0 radical (unpaired) electrons. The smallest absolute Gasteiger partial charge is 0.343 e. The Balaban J connectivity index is 1.21. The molecule has 0 aromatic heterocycles. The SMILES string of the molecule is COC(=O)COc1cccc(CN[C@H]2CNCC[C@H]2c2ccc(OCCCOCc3ccccc3F)cc2)c1. The van der Waals surface area contributed by atoms with E-state index in [4.69, 9.17) is 14.2 Å². The lowest BCUT2D eigenvalue weighted by molar-refractivity contribution is -0.142. The fourth-order valence-electron chi connectivity index (χ4n) is 4.63. The van der Waals surface area contributed by atoms with Gasteiger partial charge in [-0.15, -0.1) is 0 Å². The first kappa shape index (κ1) is 28.5. The Kier molecular flexibility index (Phi) is 11.1. The number of methoxy groups -OCH3 is 1. The molecule has 2 N–H and O–H groups in total. The molecule has 0 aliphatic carbocycles. The lowest BCUT2D eigenvalue weighted by atomic mass is 9.86. The summed E-state index contributed by atoms with van der Waals surface area (Å²) in [4.78, 5) is 11.3. The minimum absolute atomic E-state index is 0.106. The molecule has 1 aliphatic heterocycles. The molecule has 0 bridgehead atoms. The van der Waals surface area contributed by atoms with Crippen molar-refractivity contribution < 1.29 is 28.1 Å². The summed E-state index contributed by atoms with van der Waals surface area (Å²) in [5.41, 5.74) is 2.94. The highest BCUT2D eigenvalue weighted by Crippen LogP contribution is 2.28. The first-order chi connectivity index (χ1) is 19.1. The molecule has 7 nitrogen and oxygen atoms in total. The van der Waals surface area contributed by atoms with Gasteiger partial charge in [-0.25, -0.2) is 9.18 Å². The molecule has 0 spiro atoms. The summed E-state index contributed by atoms with van der Waals surface area (Å²) in [6.07, 6.45) is 1.77. The zero-order valence-corrected chi connectivity index (χ0v) is 22.4. The van der Waals surface area contributed by atoms with E-state index in [-0.39, 0.29) is 25.1 Å². The molecule has 1 fully saturated rings. The topological polar surface area (TPSA) is 78.1 Å². The second-order valence-corrected chi connectivity index (χ2v) is 9.51. The van der Waals surface area contributed by atoms with Gasteiger partial charge < -0.3 is 29.6 Å². The van der Waals surface area contributed by atoms with E-state index in [9.17, 15) is 9.18 Å². The minimum Gasteiger partial charge on any atom is -0.494 e. The summed E-state index contributed by atoms with van der Waals surface area (Å²) < 4.78 is 35.3. The first-order valence-electron chi connectivity index (χ1n) is 13.4. The average molecular weight is 537 g/mol. The number of nitrogens with one attached hydrogen (secondary N) is 2. The Morgan fingerprint density at radius 3 is 2.67 bits per heavy atom. The molecular formula is C31H37FN2O5. The van der Waals surface area contributed by atoms with Crippen LogP contribution in [-0.2, 0) is 27.4 Å². The fourth-order valence-corrected chi connectivity index (χ4v) is 4.63. The molecule has 0 saturated carbocycles. The van der Waals surface area contributed by atoms with Crippen LogP contribution < -0.4 is 20.1 Å². The molecule has 0 amide bonds. The highest BCUT2D eigenvalue weighted by Gasteiger charge is 2.26. The molecule has 2 atom stereocenters. The van der Waals surface area contributed by atoms with Crippen molar-refractivity contribution in [2.45, 2.75) is 38.0 Å². The Morgan fingerprint density at radius 2 is 1.85 bits per heavy atom. The molecule has 0 unspecified atom stereocenters. The second-order valence-electron chi connectivity index (χ2n) is 9.51. The lowest BCUT2D eigenvalue weighted by Crippen LogP contribution is -2.47. The van der Waals surface area contributed by atoms with Crippen molar-refractivity contribution >= 4 is 5.97 Å². The maximum absolute atomic E-state index is 13.6. The molecule has 4 rings (SSSR count). The van der Waals surface area contributed by atoms with Gasteiger partial charge in [-0.3, -0.25) is 0 Å². The number of benzene rings is 3. The summed E-state index contributed by atoms with van der Waals surface area (Å²) in [7, 11) is 1.34. The Bertz CT molecular complexity index is 1170. The van der Waals surface area contributed by atoms with Gasteiger partial charge in [0.1, 0.15) is 17.3 Å². The summed E-state index contributed by atoms with van der Waals surface area (Å²) in [5, 5.41) is 7.19. The first-order valence-corrected chi connectivity index (χ1v) is 13.4. The molecule has 1 heterocycles. The second kappa shape index (κ2) is 15.2. The van der Waals surface area contributed by atoms with Gasteiger partial charge in [0.15, 0.2) is 6.61 Å².